The van der Waals surface area contributed by atoms with Gasteiger partial charge in [0, 0.05) is 30.9 Å². The minimum absolute atomic E-state index is 0.699. The summed E-state index contributed by atoms with van der Waals surface area (Å²) in [6.07, 6.45) is 6.80. The molecule has 0 saturated carbocycles. The Hall–Kier alpha value is -1.69. The van der Waals surface area contributed by atoms with E-state index in [1.807, 2.05) is 11.4 Å². The summed E-state index contributed by atoms with van der Waals surface area (Å²) in [6.45, 7) is 5.42. The number of rotatable bonds is 2. The fourth-order valence-electron chi connectivity index (χ4n) is 3.78. The van der Waals surface area contributed by atoms with E-state index >= 15 is 0 Å². The van der Waals surface area contributed by atoms with Crippen LogP contribution in [0.3, 0.4) is 0 Å². The molecule has 2 fully saturated rings. The fraction of sp³-hybridized carbons (Fsp3) is 0.667. The lowest BCUT2D eigenvalue weighted by atomic mass is 9.88. The lowest BCUT2D eigenvalue weighted by molar-refractivity contribution is 0.318. The van der Waals surface area contributed by atoms with Gasteiger partial charge < -0.3 is 10.2 Å². The molecule has 6 heteroatoms. The van der Waals surface area contributed by atoms with Crippen molar-refractivity contribution in [1.29, 1.82) is 0 Å². The second-order valence-electron chi connectivity index (χ2n) is 6.25. The van der Waals surface area contributed by atoms with Crippen LogP contribution in [0, 0.1) is 12.8 Å². The van der Waals surface area contributed by atoms with Crippen LogP contribution in [0.25, 0.3) is 5.78 Å². The van der Waals surface area contributed by atoms with Crippen LogP contribution >= 0.6 is 0 Å². The molecular weight excluding hydrogens is 264 g/mol. The van der Waals surface area contributed by atoms with Crippen molar-refractivity contribution in [3.05, 3.63) is 18.1 Å². The molecule has 1 unspecified atom stereocenters. The molecule has 4 rings (SSSR count). The normalized spacial score (nSPS) is 24.0. The molecule has 21 heavy (non-hydrogen) atoms. The summed E-state index contributed by atoms with van der Waals surface area (Å²) < 4.78 is 1.86. The summed E-state index contributed by atoms with van der Waals surface area (Å²) in [7, 11) is 0. The van der Waals surface area contributed by atoms with E-state index in [2.05, 4.69) is 31.3 Å². The number of aromatic nitrogens is 4. The van der Waals surface area contributed by atoms with E-state index in [-0.39, 0.29) is 0 Å². The SMILES string of the molecule is Cc1cc(N2CCC(C3CCCN3)CC2)n2ncnc2n1. The summed E-state index contributed by atoms with van der Waals surface area (Å²) in [5, 5.41) is 7.98. The fourth-order valence-corrected chi connectivity index (χ4v) is 3.78. The lowest BCUT2D eigenvalue weighted by Crippen LogP contribution is -2.41. The number of nitrogens with zero attached hydrogens (tertiary/aromatic N) is 5. The van der Waals surface area contributed by atoms with Crippen molar-refractivity contribution in [2.24, 2.45) is 5.92 Å². The van der Waals surface area contributed by atoms with E-state index in [9.17, 15) is 0 Å². The first-order valence-electron chi connectivity index (χ1n) is 7.97. The first-order valence-corrected chi connectivity index (χ1v) is 7.97. The van der Waals surface area contributed by atoms with Crippen LogP contribution in [0.15, 0.2) is 12.4 Å². The Balaban J connectivity index is 1.53. The van der Waals surface area contributed by atoms with Crippen LogP contribution in [-0.4, -0.2) is 45.3 Å². The van der Waals surface area contributed by atoms with E-state index in [0.717, 1.165) is 36.6 Å². The van der Waals surface area contributed by atoms with Gasteiger partial charge in [-0.25, -0.2) is 4.98 Å². The molecule has 2 aromatic heterocycles. The van der Waals surface area contributed by atoms with Gasteiger partial charge in [-0.1, -0.05) is 0 Å². The number of aryl methyl sites for hydroxylation is 1. The van der Waals surface area contributed by atoms with E-state index in [0.29, 0.717) is 5.78 Å². The van der Waals surface area contributed by atoms with Crippen molar-refractivity contribution >= 4 is 11.6 Å². The van der Waals surface area contributed by atoms with Gasteiger partial charge >= 0.3 is 0 Å². The Morgan fingerprint density at radius 2 is 2.10 bits per heavy atom. The molecule has 2 saturated heterocycles. The van der Waals surface area contributed by atoms with Gasteiger partial charge in [-0.2, -0.15) is 14.6 Å². The molecule has 0 aromatic carbocycles. The molecule has 1 N–H and O–H groups in total. The van der Waals surface area contributed by atoms with Crippen molar-refractivity contribution in [3.8, 4) is 0 Å². The zero-order chi connectivity index (χ0) is 14.2. The average molecular weight is 286 g/mol. The number of fused-ring (bicyclic) bond motifs is 1. The van der Waals surface area contributed by atoms with Gasteiger partial charge in [0.15, 0.2) is 0 Å². The summed E-state index contributed by atoms with van der Waals surface area (Å²) in [5.41, 5.74) is 1.00. The molecule has 0 bridgehead atoms. The van der Waals surface area contributed by atoms with Crippen LogP contribution in [0.4, 0.5) is 5.82 Å². The topological polar surface area (TPSA) is 58.4 Å². The lowest BCUT2D eigenvalue weighted by Gasteiger charge is -2.36. The van der Waals surface area contributed by atoms with E-state index in [1.54, 1.807) is 6.33 Å². The Labute approximate surface area is 124 Å². The highest BCUT2D eigenvalue weighted by Gasteiger charge is 2.29. The smallest absolute Gasteiger partial charge is 0.254 e. The third-order valence-corrected chi connectivity index (χ3v) is 4.89. The van der Waals surface area contributed by atoms with E-state index in [1.165, 1.54) is 32.2 Å². The molecule has 2 aliphatic heterocycles. The molecule has 1 atom stereocenters. The van der Waals surface area contributed by atoms with Crippen molar-refractivity contribution in [2.45, 2.75) is 38.6 Å². The molecule has 0 radical (unpaired) electrons. The van der Waals surface area contributed by atoms with Crippen LogP contribution in [0.2, 0.25) is 0 Å². The number of hydrogen-bond donors (Lipinski definition) is 1. The molecular formula is C15H22N6. The van der Waals surface area contributed by atoms with Crippen molar-refractivity contribution in [3.63, 3.8) is 0 Å². The van der Waals surface area contributed by atoms with E-state index < -0.39 is 0 Å². The van der Waals surface area contributed by atoms with Gasteiger partial charge in [-0.05, 0) is 45.1 Å². The largest absolute Gasteiger partial charge is 0.356 e. The van der Waals surface area contributed by atoms with Gasteiger partial charge in [-0.3, -0.25) is 0 Å². The van der Waals surface area contributed by atoms with Crippen molar-refractivity contribution in [1.82, 2.24) is 24.9 Å². The first kappa shape index (κ1) is 13.0. The Morgan fingerprint density at radius 1 is 1.24 bits per heavy atom. The molecule has 6 nitrogen and oxygen atoms in total. The minimum atomic E-state index is 0.699. The summed E-state index contributed by atoms with van der Waals surface area (Å²) in [5.74, 6) is 2.66. The van der Waals surface area contributed by atoms with Gasteiger partial charge in [0.1, 0.15) is 12.1 Å². The van der Waals surface area contributed by atoms with E-state index in [4.69, 9.17) is 0 Å². The van der Waals surface area contributed by atoms with Gasteiger partial charge in [0.2, 0.25) is 0 Å². The Morgan fingerprint density at radius 3 is 2.86 bits per heavy atom. The summed E-state index contributed by atoms with van der Waals surface area (Å²) >= 11 is 0. The van der Waals surface area contributed by atoms with Crippen LogP contribution < -0.4 is 10.2 Å². The standard InChI is InChI=1S/C15H22N6/c1-11-9-14(21-15(19-11)17-10-18-21)20-7-4-12(5-8-20)13-3-2-6-16-13/h9-10,12-13,16H,2-8H2,1H3. The number of piperidine rings is 1. The molecule has 0 amide bonds. The molecule has 0 aliphatic carbocycles. The molecule has 2 aromatic rings. The monoisotopic (exact) mass is 286 g/mol. The van der Waals surface area contributed by atoms with Crippen LogP contribution in [-0.2, 0) is 0 Å². The third kappa shape index (κ3) is 2.37. The molecule has 112 valence electrons. The number of anilines is 1. The van der Waals surface area contributed by atoms with Crippen molar-refractivity contribution in [2.75, 3.05) is 24.5 Å². The Bertz CT molecular complexity index is 622. The zero-order valence-electron chi connectivity index (χ0n) is 12.5. The quantitative estimate of drug-likeness (QED) is 0.904. The maximum atomic E-state index is 4.42. The second-order valence-corrected chi connectivity index (χ2v) is 6.25. The highest BCUT2D eigenvalue weighted by atomic mass is 15.4. The van der Waals surface area contributed by atoms with Gasteiger partial charge in [0.25, 0.3) is 5.78 Å². The van der Waals surface area contributed by atoms with Crippen LogP contribution in [0.1, 0.15) is 31.4 Å². The predicted molar refractivity (Wildman–Crippen MR) is 81.5 cm³/mol. The molecule has 2 aliphatic rings. The first-order chi connectivity index (χ1) is 10.3. The minimum Gasteiger partial charge on any atom is -0.356 e. The zero-order valence-corrected chi connectivity index (χ0v) is 12.5. The van der Waals surface area contributed by atoms with Gasteiger partial charge in [0.05, 0.1) is 0 Å². The second kappa shape index (κ2) is 5.26. The maximum absolute atomic E-state index is 4.42. The third-order valence-electron chi connectivity index (χ3n) is 4.89. The Kier molecular flexibility index (Phi) is 3.25. The summed E-state index contributed by atoms with van der Waals surface area (Å²) in [4.78, 5) is 11.1. The summed E-state index contributed by atoms with van der Waals surface area (Å²) in [6, 6.07) is 2.87. The maximum Gasteiger partial charge on any atom is 0.254 e. The highest BCUT2D eigenvalue weighted by molar-refractivity contribution is 5.47. The van der Waals surface area contributed by atoms with Gasteiger partial charge in [-0.15, -0.1) is 0 Å². The predicted octanol–water partition coefficient (Wildman–Crippen LogP) is 1.40. The molecule has 0 spiro atoms. The highest BCUT2D eigenvalue weighted by Crippen LogP contribution is 2.28. The molecule has 4 heterocycles. The number of hydrogen-bond acceptors (Lipinski definition) is 5. The average Bonchev–Trinajstić information content (AvgIpc) is 3.17. The number of nitrogens with one attached hydrogen (secondary N) is 1. The van der Waals surface area contributed by atoms with Crippen LogP contribution in [0.5, 0.6) is 0 Å². The van der Waals surface area contributed by atoms with Crippen molar-refractivity contribution < 1.29 is 0 Å².